The van der Waals surface area contributed by atoms with Gasteiger partial charge in [-0.2, -0.15) is 0 Å². The molecule has 4 nitrogen and oxygen atoms in total. The normalized spacial score (nSPS) is 23.8. The molecule has 1 saturated heterocycles. The van der Waals surface area contributed by atoms with E-state index < -0.39 is 6.10 Å². The lowest BCUT2D eigenvalue weighted by Crippen LogP contribution is -2.43. The van der Waals surface area contributed by atoms with Crippen molar-refractivity contribution in [3.05, 3.63) is 35.9 Å². The van der Waals surface area contributed by atoms with Gasteiger partial charge in [0.2, 0.25) is 0 Å². The maximum Gasteiger partial charge on any atom is 0.252 e. The van der Waals surface area contributed by atoms with Crippen LogP contribution in [0, 0.1) is 5.92 Å². The van der Waals surface area contributed by atoms with Gasteiger partial charge in [0.15, 0.2) is 6.10 Å². The summed E-state index contributed by atoms with van der Waals surface area (Å²) in [5.74, 6) is 0.0597. The number of nitrogens with one attached hydrogen (secondary N) is 1. The fourth-order valence-electron chi connectivity index (χ4n) is 1.90. The van der Waals surface area contributed by atoms with Crippen LogP contribution < -0.4 is 5.32 Å². The van der Waals surface area contributed by atoms with E-state index in [1.165, 1.54) is 0 Å². The summed E-state index contributed by atoms with van der Waals surface area (Å²) in [6.45, 7) is 3.87. The zero-order valence-corrected chi connectivity index (χ0v) is 10.7. The van der Waals surface area contributed by atoms with Crippen molar-refractivity contribution in [2.45, 2.75) is 32.1 Å². The SMILES string of the molecule is CC(C)[C@@H](CO)NC(=O)[C@H]1O[C@@H]1c1ccccc1. The van der Waals surface area contributed by atoms with E-state index in [0.29, 0.717) is 0 Å². The predicted molar refractivity (Wildman–Crippen MR) is 67.9 cm³/mol. The lowest BCUT2D eigenvalue weighted by atomic mass is 10.0. The monoisotopic (exact) mass is 249 g/mol. The van der Waals surface area contributed by atoms with Crippen molar-refractivity contribution in [3.63, 3.8) is 0 Å². The molecular weight excluding hydrogens is 230 g/mol. The van der Waals surface area contributed by atoms with Gasteiger partial charge in [-0.15, -0.1) is 0 Å². The van der Waals surface area contributed by atoms with Gasteiger partial charge in [-0.05, 0) is 11.5 Å². The van der Waals surface area contributed by atoms with E-state index in [-0.39, 0.29) is 30.6 Å². The number of epoxide rings is 1. The summed E-state index contributed by atoms with van der Waals surface area (Å²) in [5.41, 5.74) is 1.02. The van der Waals surface area contributed by atoms with E-state index in [4.69, 9.17) is 4.74 Å². The van der Waals surface area contributed by atoms with Crippen LogP contribution in [0.25, 0.3) is 0 Å². The molecule has 0 spiro atoms. The standard InChI is InChI=1S/C14H19NO3/c1-9(2)11(8-16)15-14(17)13-12(18-13)10-6-4-3-5-7-10/h3-7,9,11-13,16H,8H2,1-2H3,(H,15,17)/t11-,12-,13+/m1/s1. The summed E-state index contributed by atoms with van der Waals surface area (Å²) < 4.78 is 5.40. The fourth-order valence-corrected chi connectivity index (χ4v) is 1.90. The first kappa shape index (κ1) is 13.1. The second-order valence-electron chi connectivity index (χ2n) is 4.93. The second kappa shape index (κ2) is 5.50. The molecule has 2 rings (SSSR count). The Hall–Kier alpha value is -1.39. The van der Waals surface area contributed by atoms with Crippen LogP contribution in [0.4, 0.5) is 0 Å². The number of hydrogen-bond acceptors (Lipinski definition) is 3. The van der Waals surface area contributed by atoms with Crippen molar-refractivity contribution in [3.8, 4) is 0 Å². The molecule has 0 aromatic heterocycles. The number of benzene rings is 1. The van der Waals surface area contributed by atoms with Gasteiger partial charge in [0, 0.05) is 0 Å². The van der Waals surface area contributed by atoms with Gasteiger partial charge in [-0.3, -0.25) is 4.79 Å². The zero-order chi connectivity index (χ0) is 13.1. The van der Waals surface area contributed by atoms with Gasteiger partial charge in [0.1, 0.15) is 6.10 Å². The molecule has 4 heteroatoms. The molecule has 0 radical (unpaired) electrons. The first-order valence-corrected chi connectivity index (χ1v) is 6.25. The van der Waals surface area contributed by atoms with Crippen molar-refractivity contribution in [1.82, 2.24) is 5.32 Å². The Kier molecular flexibility index (Phi) is 3.99. The number of carbonyl (C=O) groups is 1. The highest BCUT2D eigenvalue weighted by molar-refractivity contribution is 5.84. The number of carbonyl (C=O) groups excluding carboxylic acids is 1. The largest absolute Gasteiger partial charge is 0.394 e. The van der Waals surface area contributed by atoms with E-state index in [0.717, 1.165) is 5.56 Å². The number of amides is 1. The maximum absolute atomic E-state index is 11.9. The van der Waals surface area contributed by atoms with Crippen LogP contribution >= 0.6 is 0 Å². The van der Waals surface area contributed by atoms with Gasteiger partial charge in [-0.1, -0.05) is 44.2 Å². The third-order valence-electron chi connectivity index (χ3n) is 3.21. The minimum Gasteiger partial charge on any atom is -0.394 e. The molecule has 1 aromatic carbocycles. The highest BCUT2D eigenvalue weighted by atomic mass is 16.6. The fraction of sp³-hybridized carbons (Fsp3) is 0.500. The molecule has 1 amide bonds. The summed E-state index contributed by atoms with van der Waals surface area (Å²) in [5, 5.41) is 12.0. The van der Waals surface area contributed by atoms with Crippen molar-refractivity contribution >= 4 is 5.91 Å². The van der Waals surface area contributed by atoms with Crippen molar-refractivity contribution in [2.24, 2.45) is 5.92 Å². The van der Waals surface area contributed by atoms with Crippen molar-refractivity contribution < 1.29 is 14.6 Å². The van der Waals surface area contributed by atoms with Crippen molar-refractivity contribution in [2.75, 3.05) is 6.61 Å². The molecule has 0 unspecified atom stereocenters. The van der Waals surface area contributed by atoms with E-state index in [2.05, 4.69) is 5.32 Å². The predicted octanol–water partition coefficient (Wildman–Crippen LogP) is 1.26. The number of hydrogen-bond donors (Lipinski definition) is 2. The Balaban J connectivity index is 1.90. The summed E-state index contributed by atoms with van der Waals surface area (Å²) in [7, 11) is 0. The molecule has 3 atom stereocenters. The minimum atomic E-state index is -0.416. The molecule has 98 valence electrons. The Morgan fingerprint density at radius 1 is 1.39 bits per heavy atom. The first-order valence-electron chi connectivity index (χ1n) is 6.25. The van der Waals surface area contributed by atoms with Gasteiger partial charge in [-0.25, -0.2) is 0 Å². The van der Waals surface area contributed by atoms with Gasteiger partial charge in [0.05, 0.1) is 12.6 Å². The van der Waals surface area contributed by atoms with Crippen LogP contribution in [-0.2, 0) is 9.53 Å². The molecule has 1 aliphatic heterocycles. The molecule has 1 aliphatic rings. The van der Waals surface area contributed by atoms with Crippen LogP contribution in [0.3, 0.4) is 0 Å². The van der Waals surface area contributed by atoms with E-state index in [1.807, 2.05) is 44.2 Å². The maximum atomic E-state index is 11.9. The average Bonchev–Trinajstić information content (AvgIpc) is 3.16. The Morgan fingerprint density at radius 3 is 2.61 bits per heavy atom. The topological polar surface area (TPSA) is 61.9 Å². The van der Waals surface area contributed by atoms with Crippen LogP contribution in [0.5, 0.6) is 0 Å². The zero-order valence-electron chi connectivity index (χ0n) is 10.7. The minimum absolute atomic E-state index is 0.0495. The van der Waals surface area contributed by atoms with Crippen LogP contribution in [0.15, 0.2) is 30.3 Å². The number of aliphatic hydroxyl groups excluding tert-OH is 1. The average molecular weight is 249 g/mol. The second-order valence-corrected chi connectivity index (χ2v) is 4.93. The molecule has 0 aliphatic carbocycles. The van der Waals surface area contributed by atoms with Crippen LogP contribution in [0.2, 0.25) is 0 Å². The van der Waals surface area contributed by atoms with Gasteiger partial charge >= 0.3 is 0 Å². The third kappa shape index (κ3) is 2.89. The Morgan fingerprint density at radius 2 is 2.06 bits per heavy atom. The van der Waals surface area contributed by atoms with Gasteiger partial charge < -0.3 is 15.2 Å². The lowest BCUT2D eigenvalue weighted by Gasteiger charge is -2.19. The molecule has 1 fully saturated rings. The van der Waals surface area contributed by atoms with Crippen molar-refractivity contribution in [1.29, 1.82) is 0 Å². The number of ether oxygens (including phenoxy) is 1. The molecule has 0 saturated carbocycles. The highest BCUT2D eigenvalue weighted by Crippen LogP contribution is 2.38. The Labute approximate surface area is 107 Å². The highest BCUT2D eigenvalue weighted by Gasteiger charge is 2.46. The smallest absolute Gasteiger partial charge is 0.252 e. The van der Waals surface area contributed by atoms with E-state index in [9.17, 15) is 9.90 Å². The molecule has 0 bridgehead atoms. The summed E-state index contributed by atoms with van der Waals surface area (Å²) in [6.07, 6.45) is -0.557. The van der Waals surface area contributed by atoms with Gasteiger partial charge in [0.25, 0.3) is 5.91 Å². The number of rotatable bonds is 5. The Bertz CT molecular complexity index is 405. The summed E-state index contributed by atoms with van der Waals surface area (Å²) >= 11 is 0. The quantitative estimate of drug-likeness (QED) is 0.772. The molecule has 1 heterocycles. The first-order chi connectivity index (χ1) is 8.63. The lowest BCUT2D eigenvalue weighted by molar-refractivity contribution is -0.123. The molecular formula is C14H19NO3. The van der Waals surface area contributed by atoms with Crippen LogP contribution in [-0.4, -0.2) is 29.8 Å². The van der Waals surface area contributed by atoms with Crippen LogP contribution in [0.1, 0.15) is 25.5 Å². The third-order valence-corrected chi connectivity index (χ3v) is 3.21. The number of aliphatic hydroxyl groups is 1. The molecule has 18 heavy (non-hydrogen) atoms. The van der Waals surface area contributed by atoms with E-state index >= 15 is 0 Å². The van der Waals surface area contributed by atoms with E-state index in [1.54, 1.807) is 0 Å². The molecule has 2 N–H and O–H groups in total. The summed E-state index contributed by atoms with van der Waals surface area (Å²) in [6, 6.07) is 9.47. The summed E-state index contributed by atoms with van der Waals surface area (Å²) in [4.78, 5) is 11.9. The molecule has 1 aromatic rings.